The van der Waals surface area contributed by atoms with E-state index >= 15 is 0 Å². The molecule has 0 atom stereocenters. The molecule has 6 nitrogen and oxygen atoms in total. The number of aromatic nitrogens is 2. The molecule has 0 unspecified atom stereocenters. The van der Waals surface area contributed by atoms with Crippen LogP contribution in [0.15, 0.2) is 67.0 Å². The summed E-state index contributed by atoms with van der Waals surface area (Å²) in [6.45, 7) is 0. The number of anilines is 2. The van der Waals surface area contributed by atoms with E-state index < -0.39 is 29.2 Å². The summed E-state index contributed by atoms with van der Waals surface area (Å²) in [6, 6.07) is 11.1. The minimum atomic E-state index is -1.22. The molecule has 0 spiro atoms. The van der Waals surface area contributed by atoms with Crippen molar-refractivity contribution in [1.82, 2.24) is 9.97 Å². The van der Waals surface area contributed by atoms with Crippen LogP contribution in [-0.2, 0) is 0 Å². The molecule has 2 amide bonds. The van der Waals surface area contributed by atoms with Crippen LogP contribution in [-0.4, -0.2) is 16.0 Å². The molecule has 150 valence electrons. The van der Waals surface area contributed by atoms with Crippen molar-refractivity contribution in [1.29, 1.82) is 0 Å². The molecule has 0 aliphatic rings. The predicted molar refractivity (Wildman–Crippen MR) is 105 cm³/mol. The highest BCUT2D eigenvalue weighted by Crippen LogP contribution is 2.30. The first kappa shape index (κ1) is 19.2. The summed E-state index contributed by atoms with van der Waals surface area (Å²) in [7, 11) is 0. The van der Waals surface area contributed by atoms with Gasteiger partial charge in [0.15, 0.2) is 11.6 Å². The van der Waals surface area contributed by atoms with Crippen LogP contribution in [0.4, 0.5) is 29.3 Å². The Kier molecular flexibility index (Phi) is 5.17. The summed E-state index contributed by atoms with van der Waals surface area (Å²) in [5.74, 6) is -3.18. The Labute approximate surface area is 168 Å². The lowest BCUT2D eigenvalue weighted by molar-refractivity contribution is 0.262. The quantitative estimate of drug-likeness (QED) is 0.467. The number of rotatable bonds is 4. The van der Waals surface area contributed by atoms with E-state index in [4.69, 9.17) is 4.74 Å². The third-order valence-electron chi connectivity index (χ3n) is 4.00. The molecule has 1 aromatic heterocycles. The third kappa shape index (κ3) is 4.30. The van der Waals surface area contributed by atoms with Crippen LogP contribution in [0.25, 0.3) is 11.0 Å². The number of nitrogens with one attached hydrogen (secondary N) is 2. The Morgan fingerprint density at radius 2 is 1.60 bits per heavy atom. The second-order valence-electron chi connectivity index (χ2n) is 6.17. The summed E-state index contributed by atoms with van der Waals surface area (Å²) in [6.07, 6.45) is 3.02. The van der Waals surface area contributed by atoms with Gasteiger partial charge in [0.25, 0.3) is 0 Å². The van der Waals surface area contributed by atoms with Crippen molar-refractivity contribution in [2.45, 2.75) is 0 Å². The molecule has 0 bridgehead atoms. The molecule has 9 heteroatoms. The smallest absolute Gasteiger partial charge is 0.323 e. The molecule has 1 heterocycles. The highest BCUT2D eigenvalue weighted by atomic mass is 19.2. The Bertz CT molecular complexity index is 1250. The van der Waals surface area contributed by atoms with E-state index in [0.717, 1.165) is 18.2 Å². The minimum Gasteiger partial charge on any atom is -0.454 e. The molecule has 4 rings (SSSR count). The molecular formula is C21H13F3N4O2. The first-order chi connectivity index (χ1) is 14.5. The average Bonchev–Trinajstić information content (AvgIpc) is 2.71. The molecule has 0 aliphatic heterocycles. The molecule has 0 fully saturated rings. The van der Waals surface area contributed by atoms with Gasteiger partial charge >= 0.3 is 6.03 Å². The average molecular weight is 410 g/mol. The monoisotopic (exact) mass is 410 g/mol. The van der Waals surface area contributed by atoms with E-state index in [1.54, 1.807) is 6.07 Å². The summed E-state index contributed by atoms with van der Waals surface area (Å²) in [5.41, 5.74) is 1.27. The molecule has 0 radical (unpaired) electrons. The van der Waals surface area contributed by atoms with Crippen molar-refractivity contribution in [2.24, 2.45) is 0 Å². The first-order valence-corrected chi connectivity index (χ1v) is 8.69. The zero-order valence-corrected chi connectivity index (χ0v) is 15.2. The van der Waals surface area contributed by atoms with Crippen LogP contribution in [0.3, 0.4) is 0 Å². The van der Waals surface area contributed by atoms with E-state index in [0.29, 0.717) is 11.0 Å². The van der Waals surface area contributed by atoms with Crippen LogP contribution in [0.5, 0.6) is 11.5 Å². The summed E-state index contributed by atoms with van der Waals surface area (Å²) >= 11 is 0. The van der Waals surface area contributed by atoms with Gasteiger partial charge in [-0.1, -0.05) is 6.07 Å². The maximum atomic E-state index is 14.2. The summed E-state index contributed by atoms with van der Waals surface area (Å²) in [5, 5.41) is 4.74. The SMILES string of the molecule is O=C(Nc1cccc(F)c1)Nc1cc(F)c(F)c(Oc2ccc3nccnc3c2)c1. The van der Waals surface area contributed by atoms with Crippen LogP contribution in [0, 0.1) is 17.5 Å². The Hall–Kier alpha value is -4.14. The number of hydrogen-bond acceptors (Lipinski definition) is 4. The molecule has 0 saturated heterocycles. The van der Waals surface area contributed by atoms with Gasteiger partial charge in [-0.15, -0.1) is 0 Å². The topological polar surface area (TPSA) is 76.1 Å². The molecule has 30 heavy (non-hydrogen) atoms. The van der Waals surface area contributed by atoms with E-state index in [2.05, 4.69) is 20.6 Å². The second kappa shape index (κ2) is 8.08. The van der Waals surface area contributed by atoms with Gasteiger partial charge in [-0.2, -0.15) is 4.39 Å². The van der Waals surface area contributed by atoms with Crippen LogP contribution < -0.4 is 15.4 Å². The minimum absolute atomic E-state index is 0.0571. The molecule has 0 aliphatic carbocycles. The zero-order chi connectivity index (χ0) is 21.1. The van der Waals surface area contributed by atoms with Gasteiger partial charge in [-0.05, 0) is 30.3 Å². The fourth-order valence-corrected chi connectivity index (χ4v) is 2.70. The number of hydrogen-bond donors (Lipinski definition) is 2. The molecule has 4 aromatic rings. The fourth-order valence-electron chi connectivity index (χ4n) is 2.70. The number of halogens is 3. The number of benzene rings is 3. The van der Waals surface area contributed by atoms with E-state index in [9.17, 15) is 18.0 Å². The Morgan fingerprint density at radius 3 is 2.40 bits per heavy atom. The van der Waals surface area contributed by atoms with Gasteiger partial charge in [0.1, 0.15) is 11.6 Å². The molecule has 2 N–H and O–H groups in total. The largest absolute Gasteiger partial charge is 0.454 e. The van der Waals surface area contributed by atoms with Crippen molar-refractivity contribution in [3.8, 4) is 11.5 Å². The standard InChI is InChI=1S/C21H13F3N4O2/c22-12-2-1-3-13(8-12)27-21(29)28-14-9-16(23)20(24)19(10-14)30-15-4-5-17-18(11-15)26-7-6-25-17/h1-11H,(H2,27,28,29). The van der Waals surface area contributed by atoms with E-state index in [1.165, 1.54) is 42.7 Å². The predicted octanol–water partition coefficient (Wildman–Crippen LogP) is 5.48. The molecule has 3 aromatic carbocycles. The van der Waals surface area contributed by atoms with Crippen LogP contribution in [0.2, 0.25) is 0 Å². The van der Waals surface area contributed by atoms with Gasteiger partial charge in [0, 0.05) is 42.0 Å². The molecular weight excluding hydrogens is 397 g/mol. The van der Waals surface area contributed by atoms with E-state index in [-0.39, 0.29) is 17.1 Å². The van der Waals surface area contributed by atoms with Gasteiger partial charge < -0.3 is 15.4 Å². The van der Waals surface area contributed by atoms with Gasteiger partial charge in [0.2, 0.25) is 5.82 Å². The van der Waals surface area contributed by atoms with E-state index in [1.807, 2.05) is 0 Å². The maximum absolute atomic E-state index is 14.2. The number of fused-ring (bicyclic) bond motifs is 1. The number of nitrogens with zero attached hydrogens (tertiary/aromatic N) is 2. The van der Waals surface area contributed by atoms with Crippen molar-refractivity contribution in [3.63, 3.8) is 0 Å². The highest BCUT2D eigenvalue weighted by Gasteiger charge is 2.15. The normalized spacial score (nSPS) is 10.6. The van der Waals surface area contributed by atoms with Crippen molar-refractivity contribution >= 4 is 28.4 Å². The van der Waals surface area contributed by atoms with Gasteiger partial charge in [-0.25, -0.2) is 13.6 Å². The maximum Gasteiger partial charge on any atom is 0.323 e. The van der Waals surface area contributed by atoms with Gasteiger partial charge in [-0.3, -0.25) is 9.97 Å². The summed E-state index contributed by atoms with van der Waals surface area (Å²) < 4.78 is 46.9. The van der Waals surface area contributed by atoms with Crippen molar-refractivity contribution in [3.05, 3.63) is 84.4 Å². The number of carbonyl (C=O) groups is 1. The number of carbonyl (C=O) groups excluding carboxylic acids is 1. The van der Waals surface area contributed by atoms with Gasteiger partial charge in [0.05, 0.1) is 11.0 Å². The first-order valence-electron chi connectivity index (χ1n) is 8.69. The molecule has 0 saturated carbocycles. The highest BCUT2D eigenvalue weighted by molar-refractivity contribution is 5.99. The lowest BCUT2D eigenvalue weighted by atomic mass is 10.2. The summed E-state index contributed by atoms with van der Waals surface area (Å²) in [4.78, 5) is 20.3. The van der Waals surface area contributed by atoms with Crippen LogP contribution in [0.1, 0.15) is 0 Å². The fraction of sp³-hybridized carbons (Fsp3) is 0. The number of ether oxygens (including phenoxy) is 1. The number of urea groups is 1. The Morgan fingerprint density at radius 1 is 0.833 bits per heavy atom. The lowest BCUT2D eigenvalue weighted by Gasteiger charge is -2.12. The lowest BCUT2D eigenvalue weighted by Crippen LogP contribution is -2.19. The van der Waals surface area contributed by atoms with Crippen molar-refractivity contribution < 1.29 is 22.7 Å². The third-order valence-corrected chi connectivity index (χ3v) is 4.00. The van der Waals surface area contributed by atoms with Crippen LogP contribution >= 0.6 is 0 Å². The Balaban J connectivity index is 1.54. The van der Waals surface area contributed by atoms with Crippen molar-refractivity contribution in [2.75, 3.05) is 10.6 Å². The second-order valence-corrected chi connectivity index (χ2v) is 6.17. The number of amides is 2. The zero-order valence-electron chi connectivity index (χ0n) is 15.2.